The average molecular weight is 288 g/mol. The summed E-state index contributed by atoms with van der Waals surface area (Å²) in [5.74, 6) is 0.986. The number of likely N-dealkylation sites (tertiary alicyclic amines) is 1. The molecule has 2 aliphatic rings. The van der Waals surface area contributed by atoms with Crippen LogP contribution < -0.4 is 10.1 Å². The lowest BCUT2D eigenvalue weighted by atomic mass is 9.88. The Labute approximate surface area is 128 Å². The molecule has 0 aromatic heterocycles. The highest BCUT2D eigenvalue weighted by molar-refractivity contribution is 5.37. The van der Waals surface area contributed by atoms with Crippen LogP contribution in [0.3, 0.4) is 0 Å². The number of hydrogen-bond donors (Lipinski definition) is 1. The molecule has 116 valence electrons. The van der Waals surface area contributed by atoms with E-state index in [2.05, 4.69) is 35.3 Å². The number of benzene rings is 1. The monoisotopic (exact) mass is 288 g/mol. The Morgan fingerprint density at radius 3 is 2.86 bits per heavy atom. The van der Waals surface area contributed by atoms with Gasteiger partial charge in [-0.3, -0.25) is 4.90 Å². The van der Waals surface area contributed by atoms with E-state index in [1.807, 2.05) is 0 Å². The molecule has 0 bridgehead atoms. The lowest BCUT2D eigenvalue weighted by Crippen LogP contribution is -2.44. The molecule has 3 nitrogen and oxygen atoms in total. The molecule has 1 aromatic rings. The molecular formula is C18H28N2O. The largest absolute Gasteiger partial charge is 0.497 e. The number of aryl methyl sites for hydroxylation is 1. The van der Waals surface area contributed by atoms with Crippen molar-refractivity contribution < 1.29 is 4.74 Å². The van der Waals surface area contributed by atoms with Crippen molar-refractivity contribution in [3.05, 3.63) is 29.3 Å². The zero-order valence-corrected chi connectivity index (χ0v) is 13.4. The van der Waals surface area contributed by atoms with Crippen LogP contribution >= 0.6 is 0 Å². The van der Waals surface area contributed by atoms with Crippen molar-refractivity contribution in [2.75, 3.05) is 26.7 Å². The van der Waals surface area contributed by atoms with Gasteiger partial charge in [0, 0.05) is 18.6 Å². The number of ether oxygens (including phenoxy) is 1. The van der Waals surface area contributed by atoms with Crippen LogP contribution in [-0.2, 0) is 12.8 Å². The van der Waals surface area contributed by atoms with Crippen LogP contribution in [0.5, 0.6) is 5.75 Å². The van der Waals surface area contributed by atoms with E-state index >= 15 is 0 Å². The number of nitrogens with zero attached hydrogens (tertiary/aromatic N) is 1. The van der Waals surface area contributed by atoms with Gasteiger partial charge in [-0.1, -0.05) is 6.07 Å². The van der Waals surface area contributed by atoms with Gasteiger partial charge >= 0.3 is 0 Å². The maximum absolute atomic E-state index is 5.35. The molecule has 0 spiro atoms. The third kappa shape index (κ3) is 3.58. The van der Waals surface area contributed by atoms with E-state index in [1.165, 1.54) is 49.9 Å². The molecule has 3 rings (SSSR count). The van der Waals surface area contributed by atoms with Gasteiger partial charge in [-0.2, -0.15) is 0 Å². The highest BCUT2D eigenvalue weighted by Crippen LogP contribution is 2.25. The lowest BCUT2D eigenvalue weighted by molar-refractivity contribution is 0.243. The first-order chi connectivity index (χ1) is 10.3. The maximum atomic E-state index is 5.35. The van der Waals surface area contributed by atoms with Crippen LogP contribution in [0.2, 0.25) is 0 Å². The molecule has 1 aliphatic carbocycles. The molecule has 0 radical (unpaired) electrons. The molecule has 1 aromatic carbocycles. The molecule has 1 fully saturated rings. The first-order valence-corrected chi connectivity index (χ1v) is 8.39. The molecule has 21 heavy (non-hydrogen) atoms. The summed E-state index contributed by atoms with van der Waals surface area (Å²) in [6, 6.07) is 7.82. The molecule has 0 saturated carbocycles. The van der Waals surface area contributed by atoms with Crippen molar-refractivity contribution in [1.82, 2.24) is 10.2 Å². The number of methoxy groups -OCH3 is 1. The molecule has 1 aliphatic heterocycles. The number of rotatable bonds is 5. The summed E-state index contributed by atoms with van der Waals surface area (Å²) in [4.78, 5) is 2.62. The summed E-state index contributed by atoms with van der Waals surface area (Å²) in [6.07, 6.45) is 6.34. The van der Waals surface area contributed by atoms with Crippen molar-refractivity contribution in [3.8, 4) is 5.75 Å². The average Bonchev–Trinajstić information content (AvgIpc) is 3.06. The molecular weight excluding hydrogens is 260 g/mol. The van der Waals surface area contributed by atoms with Crippen molar-refractivity contribution in [3.63, 3.8) is 0 Å². The van der Waals surface area contributed by atoms with Crippen LogP contribution in [0.4, 0.5) is 0 Å². The van der Waals surface area contributed by atoms with Crippen molar-refractivity contribution in [2.45, 2.75) is 51.1 Å². The van der Waals surface area contributed by atoms with Gasteiger partial charge in [0.2, 0.25) is 0 Å². The zero-order chi connectivity index (χ0) is 14.7. The van der Waals surface area contributed by atoms with E-state index in [0.717, 1.165) is 18.7 Å². The van der Waals surface area contributed by atoms with E-state index in [9.17, 15) is 0 Å². The number of nitrogens with one attached hydrogen (secondary N) is 1. The van der Waals surface area contributed by atoms with Gasteiger partial charge in [-0.05, 0) is 75.4 Å². The quantitative estimate of drug-likeness (QED) is 0.901. The minimum Gasteiger partial charge on any atom is -0.497 e. The molecule has 3 heteroatoms. The molecule has 2 unspecified atom stereocenters. The van der Waals surface area contributed by atoms with E-state index in [1.54, 1.807) is 7.11 Å². The summed E-state index contributed by atoms with van der Waals surface area (Å²) in [6.45, 7) is 6.04. The van der Waals surface area contributed by atoms with Gasteiger partial charge in [0.05, 0.1) is 7.11 Å². The smallest absolute Gasteiger partial charge is 0.119 e. The zero-order valence-electron chi connectivity index (χ0n) is 13.4. The Kier molecular flexibility index (Phi) is 4.81. The second-order valence-corrected chi connectivity index (χ2v) is 6.57. The lowest BCUT2D eigenvalue weighted by Gasteiger charge is -2.30. The van der Waals surface area contributed by atoms with E-state index in [0.29, 0.717) is 12.1 Å². The Morgan fingerprint density at radius 1 is 1.29 bits per heavy atom. The third-order valence-electron chi connectivity index (χ3n) is 5.11. The maximum Gasteiger partial charge on any atom is 0.119 e. The predicted octanol–water partition coefficient (Wildman–Crippen LogP) is 2.63. The second-order valence-electron chi connectivity index (χ2n) is 6.57. The van der Waals surface area contributed by atoms with Gasteiger partial charge in [0.25, 0.3) is 0 Å². The minimum absolute atomic E-state index is 0.620. The van der Waals surface area contributed by atoms with Crippen molar-refractivity contribution >= 4 is 0 Å². The van der Waals surface area contributed by atoms with Crippen molar-refractivity contribution in [1.29, 1.82) is 0 Å². The van der Waals surface area contributed by atoms with E-state index < -0.39 is 0 Å². The normalized spacial score (nSPS) is 23.8. The van der Waals surface area contributed by atoms with Crippen molar-refractivity contribution in [2.24, 2.45) is 0 Å². The van der Waals surface area contributed by atoms with Gasteiger partial charge in [0.15, 0.2) is 0 Å². The predicted molar refractivity (Wildman–Crippen MR) is 87.1 cm³/mol. The van der Waals surface area contributed by atoms with Gasteiger partial charge in [-0.25, -0.2) is 0 Å². The number of hydrogen-bond acceptors (Lipinski definition) is 3. The van der Waals surface area contributed by atoms with Crippen LogP contribution in [0.15, 0.2) is 18.2 Å². The Morgan fingerprint density at radius 2 is 2.10 bits per heavy atom. The summed E-state index contributed by atoms with van der Waals surface area (Å²) >= 11 is 0. The Hall–Kier alpha value is -1.06. The minimum atomic E-state index is 0.620. The summed E-state index contributed by atoms with van der Waals surface area (Å²) < 4.78 is 5.35. The highest BCUT2D eigenvalue weighted by Gasteiger charge is 2.22. The molecule has 2 atom stereocenters. The summed E-state index contributed by atoms with van der Waals surface area (Å²) in [7, 11) is 1.75. The molecule has 1 N–H and O–H groups in total. The Bertz CT molecular complexity index is 468. The van der Waals surface area contributed by atoms with E-state index in [-0.39, 0.29) is 0 Å². The Balaban J connectivity index is 1.53. The topological polar surface area (TPSA) is 24.5 Å². The van der Waals surface area contributed by atoms with E-state index in [4.69, 9.17) is 4.74 Å². The van der Waals surface area contributed by atoms with Crippen LogP contribution in [-0.4, -0.2) is 43.7 Å². The van der Waals surface area contributed by atoms with Crippen LogP contribution in [0.1, 0.15) is 37.3 Å². The summed E-state index contributed by atoms with van der Waals surface area (Å²) in [5, 5.41) is 3.79. The summed E-state index contributed by atoms with van der Waals surface area (Å²) in [5.41, 5.74) is 2.97. The standard InChI is InChI=1S/C18H28N2O/c1-14(20-9-3-4-10-20)13-19-17-7-5-15-6-8-18(21-2)12-16(15)11-17/h6,8,12,14,17,19H,3-5,7,9-11,13H2,1-2H3. The SMILES string of the molecule is COc1ccc2c(c1)CC(NCC(C)N1CCCC1)CC2. The van der Waals surface area contributed by atoms with Gasteiger partial charge in [-0.15, -0.1) is 0 Å². The van der Waals surface area contributed by atoms with Gasteiger partial charge in [0.1, 0.15) is 5.75 Å². The fourth-order valence-corrected chi connectivity index (χ4v) is 3.68. The molecule has 1 heterocycles. The molecule has 0 amide bonds. The van der Waals surface area contributed by atoms with Crippen LogP contribution in [0, 0.1) is 0 Å². The fourth-order valence-electron chi connectivity index (χ4n) is 3.68. The first kappa shape index (κ1) is 14.9. The van der Waals surface area contributed by atoms with Gasteiger partial charge < -0.3 is 10.1 Å². The number of fused-ring (bicyclic) bond motifs is 1. The molecule has 1 saturated heterocycles. The van der Waals surface area contributed by atoms with Crippen LogP contribution in [0.25, 0.3) is 0 Å². The fraction of sp³-hybridized carbons (Fsp3) is 0.667. The second kappa shape index (κ2) is 6.80. The first-order valence-electron chi connectivity index (χ1n) is 8.39. The highest BCUT2D eigenvalue weighted by atomic mass is 16.5. The third-order valence-corrected chi connectivity index (χ3v) is 5.11.